The van der Waals surface area contributed by atoms with E-state index >= 15 is 0 Å². The monoisotopic (exact) mass is 515 g/mol. The van der Waals surface area contributed by atoms with Crippen LogP contribution in [0, 0.1) is 5.92 Å². The first kappa shape index (κ1) is 28.7. The van der Waals surface area contributed by atoms with E-state index in [1.807, 2.05) is 20.8 Å². The van der Waals surface area contributed by atoms with Gasteiger partial charge in [-0.25, -0.2) is 9.59 Å². The van der Waals surface area contributed by atoms with Crippen LogP contribution in [0.4, 0.5) is 9.59 Å². The molecule has 0 heterocycles. The van der Waals surface area contributed by atoms with E-state index in [0.29, 0.717) is 38.1 Å². The zero-order chi connectivity index (χ0) is 20.9. The second kappa shape index (κ2) is 15.5. The first-order valence-corrected chi connectivity index (χ1v) is 9.42. The van der Waals surface area contributed by atoms with E-state index in [1.165, 1.54) is 0 Å². The van der Waals surface area contributed by atoms with Gasteiger partial charge in [-0.3, -0.25) is 4.99 Å². The van der Waals surface area contributed by atoms with Crippen LogP contribution in [0.25, 0.3) is 0 Å². The SMILES string of the molecule is CCOC(=O)NC(CNC(=NC)NCCNC(=O)OC(C)(C)C)CC(C)C.I. The highest BCUT2D eigenvalue weighted by Crippen LogP contribution is 2.06. The topological polar surface area (TPSA) is 113 Å². The van der Waals surface area contributed by atoms with Gasteiger partial charge in [-0.2, -0.15) is 0 Å². The van der Waals surface area contributed by atoms with Crippen LogP contribution < -0.4 is 21.3 Å². The number of alkyl carbamates (subject to hydrolysis) is 2. The summed E-state index contributed by atoms with van der Waals surface area (Å²) in [6.45, 7) is 13.1. The van der Waals surface area contributed by atoms with Crippen LogP contribution in [-0.4, -0.2) is 63.1 Å². The molecule has 28 heavy (non-hydrogen) atoms. The minimum absolute atomic E-state index is 0. The largest absolute Gasteiger partial charge is 0.450 e. The van der Waals surface area contributed by atoms with Gasteiger partial charge in [0, 0.05) is 32.7 Å². The average Bonchev–Trinajstić information content (AvgIpc) is 2.51. The third-order valence-corrected chi connectivity index (χ3v) is 3.18. The fourth-order valence-corrected chi connectivity index (χ4v) is 2.20. The van der Waals surface area contributed by atoms with Crippen molar-refractivity contribution in [2.24, 2.45) is 10.9 Å². The molecule has 10 heteroatoms. The molecule has 166 valence electrons. The normalized spacial score (nSPS) is 12.5. The smallest absolute Gasteiger partial charge is 0.407 e. The average molecular weight is 515 g/mol. The van der Waals surface area contributed by atoms with Crippen molar-refractivity contribution in [1.29, 1.82) is 0 Å². The molecule has 0 aromatic carbocycles. The number of nitrogens with zero attached hydrogens (tertiary/aromatic N) is 1. The number of carbonyl (C=O) groups is 2. The summed E-state index contributed by atoms with van der Waals surface area (Å²) in [7, 11) is 1.66. The Morgan fingerprint density at radius 2 is 1.64 bits per heavy atom. The molecule has 0 aliphatic rings. The molecule has 1 unspecified atom stereocenters. The Hall–Kier alpha value is -1.46. The molecule has 0 spiro atoms. The maximum absolute atomic E-state index is 11.7. The fraction of sp³-hybridized carbons (Fsp3) is 0.833. The summed E-state index contributed by atoms with van der Waals surface area (Å²) < 4.78 is 10.1. The number of halogens is 1. The highest BCUT2D eigenvalue weighted by molar-refractivity contribution is 14.0. The van der Waals surface area contributed by atoms with Gasteiger partial charge in [-0.1, -0.05) is 13.8 Å². The van der Waals surface area contributed by atoms with Gasteiger partial charge in [0.25, 0.3) is 0 Å². The molecular formula is C18H38IN5O4. The Morgan fingerprint density at radius 1 is 1.04 bits per heavy atom. The van der Waals surface area contributed by atoms with E-state index in [2.05, 4.69) is 40.1 Å². The lowest BCUT2D eigenvalue weighted by atomic mass is 10.0. The van der Waals surface area contributed by atoms with Crippen molar-refractivity contribution in [3.63, 3.8) is 0 Å². The van der Waals surface area contributed by atoms with Crippen molar-refractivity contribution in [3.05, 3.63) is 0 Å². The molecule has 0 rings (SSSR count). The molecule has 0 radical (unpaired) electrons. The summed E-state index contributed by atoms with van der Waals surface area (Å²) in [4.78, 5) is 27.4. The molecule has 1 atom stereocenters. The third kappa shape index (κ3) is 16.7. The minimum Gasteiger partial charge on any atom is -0.450 e. The van der Waals surface area contributed by atoms with E-state index < -0.39 is 17.8 Å². The van der Waals surface area contributed by atoms with Crippen LogP contribution in [-0.2, 0) is 9.47 Å². The molecule has 4 N–H and O–H groups in total. The van der Waals surface area contributed by atoms with Crippen molar-refractivity contribution in [2.75, 3.05) is 33.3 Å². The van der Waals surface area contributed by atoms with Gasteiger partial charge in [0.1, 0.15) is 5.60 Å². The van der Waals surface area contributed by atoms with E-state index in [1.54, 1.807) is 14.0 Å². The second-order valence-corrected chi connectivity index (χ2v) is 7.50. The molecule has 0 aromatic heterocycles. The summed E-state index contributed by atoms with van der Waals surface area (Å²) in [6.07, 6.45) is -0.0689. The van der Waals surface area contributed by atoms with Crippen molar-refractivity contribution in [1.82, 2.24) is 21.3 Å². The zero-order valence-electron chi connectivity index (χ0n) is 18.2. The van der Waals surface area contributed by atoms with Gasteiger partial charge in [0.15, 0.2) is 5.96 Å². The van der Waals surface area contributed by atoms with E-state index in [9.17, 15) is 9.59 Å². The highest BCUT2D eigenvalue weighted by Gasteiger charge is 2.16. The second-order valence-electron chi connectivity index (χ2n) is 7.50. The number of ether oxygens (including phenoxy) is 2. The van der Waals surface area contributed by atoms with Crippen molar-refractivity contribution in [3.8, 4) is 0 Å². The van der Waals surface area contributed by atoms with Crippen molar-refractivity contribution < 1.29 is 19.1 Å². The lowest BCUT2D eigenvalue weighted by Crippen LogP contribution is -2.48. The number of guanidine groups is 1. The van der Waals surface area contributed by atoms with Gasteiger partial charge in [0.05, 0.1) is 6.61 Å². The van der Waals surface area contributed by atoms with E-state index in [-0.39, 0.29) is 30.0 Å². The summed E-state index contributed by atoms with van der Waals surface area (Å²) >= 11 is 0. The molecule has 0 saturated carbocycles. The number of aliphatic imine (C=N–C) groups is 1. The fourth-order valence-electron chi connectivity index (χ4n) is 2.20. The number of nitrogens with one attached hydrogen (secondary N) is 4. The minimum atomic E-state index is -0.521. The van der Waals surface area contributed by atoms with E-state index in [0.717, 1.165) is 6.42 Å². The van der Waals surface area contributed by atoms with Gasteiger partial charge >= 0.3 is 12.2 Å². The molecule has 0 saturated heterocycles. The Kier molecular flexibility index (Phi) is 15.9. The summed E-state index contributed by atoms with van der Waals surface area (Å²) in [5.41, 5.74) is -0.521. The molecule has 9 nitrogen and oxygen atoms in total. The maximum Gasteiger partial charge on any atom is 0.407 e. The van der Waals surface area contributed by atoms with Crippen molar-refractivity contribution in [2.45, 2.75) is 59.6 Å². The summed E-state index contributed by atoms with van der Waals surface area (Å²) in [5, 5.41) is 11.8. The first-order chi connectivity index (χ1) is 12.6. The molecule has 2 amide bonds. The van der Waals surface area contributed by atoms with Crippen LogP contribution in [0.5, 0.6) is 0 Å². The predicted molar refractivity (Wildman–Crippen MR) is 122 cm³/mol. The molecule has 0 fully saturated rings. The lowest BCUT2D eigenvalue weighted by molar-refractivity contribution is 0.0528. The Bertz CT molecular complexity index is 481. The Balaban J connectivity index is 0. The summed E-state index contributed by atoms with van der Waals surface area (Å²) in [5.74, 6) is 1.01. The first-order valence-electron chi connectivity index (χ1n) is 9.42. The number of carbonyl (C=O) groups excluding carboxylic acids is 2. The predicted octanol–water partition coefficient (Wildman–Crippen LogP) is 2.45. The highest BCUT2D eigenvalue weighted by atomic mass is 127. The van der Waals surface area contributed by atoms with Gasteiger partial charge in [-0.15, -0.1) is 24.0 Å². The zero-order valence-corrected chi connectivity index (χ0v) is 20.5. The molecule has 0 aliphatic carbocycles. The Labute approximate surface area is 186 Å². The third-order valence-electron chi connectivity index (χ3n) is 3.18. The van der Waals surface area contributed by atoms with Gasteiger partial charge in [0.2, 0.25) is 0 Å². The van der Waals surface area contributed by atoms with Crippen LogP contribution in [0.1, 0.15) is 48.0 Å². The number of rotatable bonds is 9. The number of hydrogen-bond donors (Lipinski definition) is 4. The van der Waals surface area contributed by atoms with Crippen LogP contribution >= 0.6 is 24.0 Å². The maximum atomic E-state index is 11.7. The molecule has 0 aromatic rings. The molecular weight excluding hydrogens is 477 g/mol. The van der Waals surface area contributed by atoms with Crippen molar-refractivity contribution >= 4 is 42.1 Å². The molecule has 0 aliphatic heterocycles. The number of amides is 2. The summed E-state index contributed by atoms with van der Waals surface area (Å²) in [6, 6.07) is -0.0810. The van der Waals surface area contributed by atoms with Crippen LogP contribution in [0.3, 0.4) is 0 Å². The van der Waals surface area contributed by atoms with Gasteiger partial charge in [-0.05, 0) is 40.0 Å². The van der Waals surface area contributed by atoms with Crippen LogP contribution in [0.15, 0.2) is 4.99 Å². The quantitative estimate of drug-likeness (QED) is 0.163. The Morgan fingerprint density at radius 3 is 2.14 bits per heavy atom. The lowest BCUT2D eigenvalue weighted by Gasteiger charge is -2.22. The molecule has 0 bridgehead atoms. The van der Waals surface area contributed by atoms with Gasteiger partial charge < -0.3 is 30.7 Å². The van der Waals surface area contributed by atoms with Crippen LogP contribution in [0.2, 0.25) is 0 Å². The standard InChI is InChI=1S/C18H37N5O4.HI/c1-8-26-17(25)23-14(11-13(2)3)12-22-15(19-7)20-9-10-21-16(24)27-18(4,5)6;/h13-14H,8-12H2,1-7H3,(H,21,24)(H,23,25)(H2,19,20,22);1H. The van der Waals surface area contributed by atoms with E-state index in [4.69, 9.17) is 9.47 Å². The number of hydrogen-bond acceptors (Lipinski definition) is 5.